The van der Waals surface area contributed by atoms with Gasteiger partial charge in [0.05, 0.1) is 31.0 Å². The molecule has 0 bridgehead atoms. The van der Waals surface area contributed by atoms with Crippen LogP contribution in [0.5, 0.6) is 5.88 Å². The number of hydrogen-bond acceptors (Lipinski definition) is 6. The van der Waals surface area contributed by atoms with E-state index in [-0.39, 0.29) is 24.0 Å². The first kappa shape index (κ1) is 25.5. The molecule has 3 aromatic rings. The van der Waals surface area contributed by atoms with E-state index in [2.05, 4.69) is 43.8 Å². The van der Waals surface area contributed by atoms with Crippen molar-refractivity contribution in [3.8, 4) is 11.6 Å². The van der Waals surface area contributed by atoms with Gasteiger partial charge in [-0.3, -0.25) is 10.2 Å². The van der Waals surface area contributed by atoms with E-state index in [1.807, 2.05) is 68.6 Å². The summed E-state index contributed by atoms with van der Waals surface area (Å²) < 4.78 is 12.9. The maximum absolute atomic E-state index is 13.5. The number of carbonyl (C=O) groups excluding carboxylic acids is 1. The molecule has 1 fully saturated rings. The van der Waals surface area contributed by atoms with Gasteiger partial charge in [0.1, 0.15) is 5.82 Å². The number of methoxy groups -OCH3 is 1. The highest BCUT2D eigenvalue weighted by Crippen LogP contribution is 2.32. The van der Waals surface area contributed by atoms with Crippen LogP contribution in [0.4, 0.5) is 10.6 Å². The normalized spacial score (nSPS) is 21.1. The highest BCUT2D eigenvalue weighted by molar-refractivity contribution is 5.90. The molecule has 2 amide bonds. The average molecular weight is 515 g/mol. The van der Waals surface area contributed by atoms with E-state index in [4.69, 9.17) is 9.47 Å². The summed E-state index contributed by atoms with van der Waals surface area (Å²) in [5.41, 5.74) is 2.81. The van der Waals surface area contributed by atoms with Crippen molar-refractivity contribution in [2.75, 3.05) is 32.1 Å². The Hall–Kier alpha value is -4.11. The number of nitrogens with one attached hydrogen (secondary N) is 2. The number of para-hydroxylation sites is 1. The number of aromatic nitrogens is 2. The zero-order valence-corrected chi connectivity index (χ0v) is 22.0. The van der Waals surface area contributed by atoms with Crippen LogP contribution in [0.15, 0.2) is 77.9 Å². The van der Waals surface area contributed by atoms with Crippen molar-refractivity contribution in [3.05, 3.63) is 84.1 Å². The molecule has 0 aliphatic carbocycles. The minimum absolute atomic E-state index is 0.0876. The van der Waals surface area contributed by atoms with Gasteiger partial charge in [0, 0.05) is 37.7 Å². The fourth-order valence-electron chi connectivity index (χ4n) is 5.17. The Labute approximate surface area is 223 Å². The SMILES string of the molecule is CCOc1nn(-c2ccccc2)c(NC(=O)N[C@@H]2CN(C3C=CN=C(OC)C3)C[C@H]2c2ccccc2)c1C. The Balaban J connectivity index is 1.37. The van der Waals surface area contributed by atoms with Crippen LogP contribution in [0, 0.1) is 6.92 Å². The van der Waals surface area contributed by atoms with Gasteiger partial charge in [-0.1, -0.05) is 48.5 Å². The number of rotatable bonds is 7. The second kappa shape index (κ2) is 11.5. The van der Waals surface area contributed by atoms with Crippen molar-refractivity contribution < 1.29 is 14.3 Å². The third-order valence-electron chi connectivity index (χ3n) is 7.10. The van der Waals surface area contributed by atoms with Crippen molar-refractivity contribution in [2.24, 2.45) is 4.99 Å². The molecule has 1 saturated heterocycles. The van der Waals surface area contributed by atoms with Gasteiger partial charge < -0.3 is 14.8 Å². The van der Waals surface area contributed by atoms with Crippen LogP contribution in [0.2, 0.25) is 0 Å². The first-order valence-corrected chi connectivity index (χ1v) is 13.0. The molecule has 5 rings (SSSR count). The molecule has 38 heavy (non-hydrogen) atoms. The molecular weight excluding hydrogens is 480 g/mol. The topological polar surface area (TPSA) is 93.0 Å². The van der Waals surface area contributed by atoms with Crippen LogP contribution < -0.4 is 15.4 Å². The zero-order chi connectivity index (χ0) is 26.5. The fourth-order valence-corrected chi connectivity index (χ4v) is 5.17. The van der Waals surface area contributed by atoms with Crippen LogP contribution in [-0.4, -0.2) is 65.5 Å². The first-order valence-electron chi connectivity index (χ1n) is 13.0. The number of benzene rings is 2. The highest BCUT2D eigenvalue weighted by Gasteiger charge is 2.38. The average Bonchev–Trinajstić information content (AvgIpc) is 3.51. The lowest BCUT2D eigenvalue weighted by atomic mass is 9.94. The number of urea groups is 1. The van der Waals surface area contributed by atoms with Gasteiger partial charge >= 0.3 is 6.03 Å². The smallest absolute Gasteiger partial charge is 0.320 e. The maximum atomic E-state index is 13.5. The molecule has 2 aliphatic heterocycles. The Morgan fingerprint density at radius 2 is 1.82 bits per heavy atom. The number of amides is 2. The summed E-state index contributed by atoms with van der Waals surface area (Å²) >= 11 is 0. The molecule has 198 valence electrons. The predicted octanol–water partition coefficient (Wildman–Crippen LogP) is 4.50. The van der Waals surface area contributed by atoms with Gasteiger partial charge in [-0.05, 0) is 37.6 Å². The third-order valence-corrected chi connectivity index (χ3v) is 7.10. The molecular formula is C29H34N6O3. The molecule has 1 unspecified atom stereocenters. The standard InChI is InChI=1S/C29H34N6O3/c1-4-38-28-20(2)27(35(33-28)22-13-9-6-10-14-22)32-29(36)31-25-19-34(23-15-16-30-26(17-23)37-3)18-24(25)21-11-7-5-8-12-21/h5-16,23-25H,4,17-19H2,1-3H3,(H2,31,32,36)/t23?,24-,25+/m0/s1. The van der Waals surface area contributed by atoms with Crippen LogP contribution in [0.3, 0.4) is 0 Å². The lowest BCUT2D eigenvalue weighted by molar-refractivity contribution is 0.243. The Morgan fingerprint density at radius 1 is 1.08 bits per heavy atom. The Morgan fingerprint density at radius 3 is 2.53 bits per heavy atom. The summed E-state index contributed by atoms with van der Waals surface area (Å²) in [6, 6.07) is 19.9. The minimum Gasteiger partial charge on any atom is -0.484 e. The second-order valence-corrected chi connectivity index (χ2v) is 9.48. The van der Waals surface area contributed by atoms with Crippen LogP contribution in [-0.2, 0) is 4.74 Å². The lowest BCUT2D eigenvalue weighted by Gasteiger charge is -2.26. The number of carbonyl (C=O) groups is 1. The number of aliphatic imine (C=N–C) groups is 1. The van der Waals surface area contributed by atoms with Crippen molar-refractivity contribution in [3.63, 3.8) is 0 Å². The van der Waals surface area contributed by atoms with Crippen LogP contribution in [0.1, 0.15) is 30.4 Å². The number of ether oxygens (including phenoxy) is 2. The molecule has 1 aromatic heterocycles. The molecule has 9 heteroatoms. The molecule has 0 radical (unpaired) electrons. The summed E-state index contributed by atoms with van der Waals surface area (Å²) in [6.07, 6.45) is 4.62. The summed E-state index contributed by atoms with van der Waals surface area (Å²) in [5, 5.41) is 10.9. The second-order valence-electron chi connectivity index (χ2n) is 9.48. The van der Waals surface area contributed by atoms with Gasteiger partial charge in [0.15, 0.2) is 5.90 Å². The number of hydrogen-bond donors (Lipinski definition) is 2. The van der Waals surface area contributed by atoms with Crippen molar-refractivity contribution in [1.29, 1.82) is 0 Å². The van der Waals surface area contributed by atoms with E-state index in [0.717, 1.165) is 23.7 Å². The monoisotopic (exact) mass is 514 g/mol. The Bertz CT molecular complexity index is 1300. The van der Waals surface area contributed by atoms with Gasteiger partial charge in [-0.2, -0.15) is 0 Å². The molecule has 9 nitrogen and oxygen atoms in total. The van der Waals surface area contributed by atoms with Crippen LogP contribution in [0.25, 0.3) is 5.69 Å². The number of anilines is 1. The highest BCUT2D eigenvalue weighted by atomic mass is 16.5. The summed E-state index contributed by atoms with van der Waals surface area (Å²) in [5.74, 6) is 1.94. The molecule has 3 heterocycles. The zero-order valence-electron chi connectivity index (χ0n) is 22.0. The summed E-state index contributed by atoms with van der Waals surface area (Å²) in [4.78, 5) is 20.1. The predicted molar refractivity (Wildman–Crippen MR) is 148 cm³/mol. The quantitative estimate of drug-likeness (QED) is 0.484. The van der Waals surface area contributed by atoms with Gasteiger partial charge in [0.25, 0.3) is 0 Å². The van der Waals surface area contributed by atoms with Gasteiger partial charge in [-0.25, -0.2) is 14.5 Å². The molecule has 2 aromatic carbocycles. The van der Waals surface area contributed by atoms with Crippen LogP contribution >= 0.6 is 0 Å². The van der Waals surface area contributed by atoms with E-state index < -0.39 is 0 Å². The van der Waals surface area contributed by atoms with E-state index in [9.17, 15) is 4.79 Å². The lowest BCUT2D eigenvalue weighted by Crippen LogP contribution is -2.43. The van der Waals surface area contributed by atoms with Gasteiger partial charge in [-0.15, -0.1) is 5.10 Å². The van der Waals surface area contributed by atoms with E-state index in [0.29, 0.717) is 31.3 Å². The molecule has 0 spiro atoms. The summed E-state index contributed by atoms with van der Waals surface area (Å²) in [7, 11) is 1.65. The third kappa shape index (κ3) is 5.43. The summed E-state index contributed by atoms with van der Waals surface area (Å²) in [6.45, 7) is 5.83. The number of nitrogens with zero attached hydrogens (tertiary/aromatic N) is 4. The first-order chi connectivity index (χ1) is 18.6. The van der Waals surface area contributed by atoms with Gasteiger partial charge in [0.2, 0.25) is 5.88 Å². The Kier molecular flexibility index (Phi) is 7.74. The van der Waals surface area contributed by atoms with Crippen molar-refractivity contribution in [2.45, 2.75) is 38.3 Å². The van der Waals surface area contributed by atoms with Crippen molar-refractivity contribution in [1.82, 2.24) is 20.0 Å². The molecule has 3 atom stereocenters. The molecule has 0 saturated carbocycles. The minimum atomic E-state index is -0.278. The van der Waals surface area contributed by atoms with E-state index in [1.54, 1.807) is 11.8 Å². The molecule has 2 aliphatic rings. The number of likely N-dealkylation sites (tertiary alicyclic amines) is 1. The van der Waals surface area contributed by atoms with Crippen molar-refractivity contribution >= 4 is 17.7 Å². The molecule has 2 N–H and O–H groups in total. The van der Waals surface area contributed by atoms with E-state index in [1.165, 1.54) is 5.56 Å². The van der Waals surface area contributed by atoms with E-state index >= 15 is 0 Å². The fraction of sp³-hybridized carbons (Fsp3) is 0.345. The maximum Gasteiger partial charge on any atom is 0.320 e. The largest absolute Gasteiger partial charge is 0.484 e.